The van der Waals surface area contributed by atoms with E-state index in [0.29, 0.717) is 18.2 Å². The Bertz CT molecular complexity index is 958. The van der Waals surface area contributed by atoms with Crippen molar-refractivity contribution in [2.24, 2.45) is 0 Å². The van der Waals surface area contributed by atoms with Gasteiger partial charge in [-0.15, -0.1) is 11.3 Å². The number of aryl methyl sites for hydroxylation is 2. The number of fused-ring (bicyclic) bond motifs is 1. The molecule has 2 aliphatic rings. The van der Waals surface area contributed by atoms with Crippen LogP contribution in [0.2, 0.25) is 5.02 Å². The minimum Gasteiger partial charge on any atom is -0.298 e. The Balaban J connectivity index is 1.58. The number of rotatable bonds is 4. The number of hydrogen-bond donors (Lipinski definition) is 1. The average Bonchev–Trinajstić information content (AvgIpc) is 3.31. The predicted octanol–water partition coefficient (Wildman–Crippen LogP) is 3.71. The first kappa shape index (κ1) is 18.9. The van der Waals surface area contributed by atoms with Gasteiger partial charge in [0.25, 0.3) is 5.91 Å². The van der Waals surface area contributed by atoms with E-state index in [1.54, 1.807) is 0 Å². The highest BCUT2D eigenvalue weighted by Gasteiger charge is 2.30. The topological polar surface area (TPSA) is 79.4 Å². The number of benzene rings is 1. The number of sulfonamides is 1. The van der Waals surface area contributed by atoms with Crippen LogP contribution in [-0.2, 0) is 22.9 Å². The molecule has 0 bridgehead atoms. The molecule has 2 heterocycles. The molecule has 1 aliphatic carbocycles. The van der Waals surface area contributed by atoms with Crippen LogP contribution in [-0.4, -0.2) is 36.7 Å². The first-order chi connectivity index (χ1) is 12.9. The number of aromatic nitrogens is 1. The smallest absolute Gasteiger partial charge is 0.257 e. The number of amides is 1. The van der Waals surface area contributed by atoms with Gasteiger partial charge in [0.1, 0.15) is 4.90 Å². The second-order valence-electron chi connectivity index (χ2n) is 6.81. The fraction of sp³-hybridized carbons (Fsp3) is 0.444. The summed E-state index contributed by atoms with van der Waals surface area (Å²) < 4.78 is 27.1. The first-order valence-corrected chi connectivity index (χ1v) is 11.7. The number of halogens is 1. The van der Waals surface area contributed by atoms with Crippen LogP contribution >= 0.6 is 22.9 Å². The minimum absolute atomic E-state index is 0.0165. The molecule has 0 saturated carbocycles. The van der Waals surface area contributed by atoms with Crippen molar-refractivity contribution in [2.45, 2.75) is 43.4 Å². The van der Waals surface area contributed by atoms with Gasteiger partial charge < -0.3 is 0 Å². The summed E-state index contributed by atoms with van der Waals surface area (Å²) in [6.45, 7) is 0.972. The molecule has 1 aliphatic heterocycles. The van der Waals surface area contributed by atoms with Crippen LogP contribution in [0.5, 0.6) is 0 Å². The fourth-order valence-corrected chi connectivity index (χ4v) is 6.55. The Labute approximate surface area is 167 Å². The molecule has 1 fully saturated rings. The van der Waals surface area contributed by atoms with Crippen LogP contribution < -0.4 is 5.32 Å². The van der Waals surface area contributed by atoms with Gasteiger partial charge in [-0.2, -0.15) is 4.31 Å². The van der Waals surface area contributed by atoms with Gasteiger partial charge in [0.15, 0.2) is 5.13 Å². The molecule has 0 unspecified atom stereocenters. The molecule has 1 saturated heterocycles. The van der Waals surface area contributed by atoms with Crippen molar-refractivity contribution in [3.8, 4) is 0 Å². The van der Waals surface area contributed by atoms with E-state index in [4.69, 9.17) is 11.6 Å². The van der Waals surface area contributed by atoms with Crippen LogP contribution in [0.4, 0.5) is 5.13 Å². The summed E-state index contributed by atoms with van der Waals surface area (Å²) in [5.74, 6) is -0.379. The van der Waals surface area contributed by atoms with Crippen LogP contribution in [0.3, 0.4) is 0 Å². The maximum Gasteiger partial charge on any atom is 0.257 e. The molecule has 1 amide bonds. The van der Waals surface area contributed by atoms with E-state index in [1.807, 2.05) is 0 Å². The Hall–Kier alpha value is -1.48. The standard InChI is InChI=1S/C18H20ClN3O3S2/c19-13-8-7-12(11-16(13)27(24,25)22-9-3-4-10-22)17(23)21-18-20-14-5-1-2-6-15(14)26-18/h7-8,11H,1-6,9-10H2,(H,20,21,23). The summed E-state index contributed by atoms with van der Waals surface area (Å²) in [6.07, 6.45) is 5.90. The van der Waals surface area contributed by atoms with E-state index in [-0.39, 0.29) is 21.4 Å². The van der Waals surface area contributed by atoms with E-state index in [2.05, 4.69) is 10.3 Å². The monoisotopic (exact) mass is 425 g/mol. The highest BCUT2D eigenvalue weighted by molar-refractivity contribution is 7.89. The normalized spacial score (nSPS) is 17.7. The number of anilines is 1. The van der Waals surface area contributed by atoms with Crippen molar-refractivity contribution in [3.05, 3.63) is 39.4 Å². The van der Waals surface area contributed by atoms with Gasteiger partial charge in [0.05, 0.1) is 10.7 Å². The summed E-state index contributed by atoms with van der Waals surface area (Å²) in [4.78, 5) is 18.4. The second-order valence-corrected chi connectivity index (χ2v) is 10.2. The van der Waals surface area contributed by atoms with E-state index in [0.717, 1.165) is 44.2 Å². The number of carbonyl (C=O) groups excluding carboxylic acids is 1. The molecule has 27 heavy (non-hydrogen) atoms. The number of nitrogens with zero attached hydrogens (tertiary/aromatic N) is 2. The minimum atomic E-state index is -3.69. The molecule has 144 valence electrons. The maximum absolute atomic E-state index is 12.8. The number of nitrogens with one attached hydrogen (secondary N) is 1. The van der Waals surface area contributed by atoms with Gasteiger partial charge in [-0.3, -0.25) is 10.1 Å². The Kier molecular flexibility index (Phi) is 5.24. The van der Waals surface area contributed by atoms with E-state index < -0.39 is 10.0 Å². The van der Waals surface area contributed by atoms with Gasteiger partial charge in [-0.1, -0.05) is 11.6 Å². The van der Waals surface area contributed by atoms with E-state index in [9.17, 15) is 13.2 Å². The number of carbonyl (C=O) groups is 1. The van der Waals surface area contributed by atoms with Gasteiger partial charge in [-0.25, -0.2) is 13.4 Å². The summed E-state index contributed by atoms with van der Waals surface area (Å²) >= 11 is 7.64. The van der Waals surface area contributed by atoms with Gasteiger partial charge in [0, 0.05) is 23.5 Å². The van der Waals surface area contributed by atoms with Gasteiger partial charge >= 0.3 is 0 Å². The fourth-order valence-electron chi connectivity index (χ4n) is 3.48. The molecule has 1 aromatic carbocycles. The molecule has 1 aromatic heterocycles. The predicted molar refractivity (Wildman–Crippen MR) is 106 cm³/mol. The lowest BCUT2D eigenvalue weighted by molar-refractivity contribution is 0.102. The molecule has 0 spiro atoms. The molecule has 9 heteroatoms. The zero-order chi connectivity index (χ0) is 19.0. The van der Waals surface area contributed by atoms with Crippen molar-refractivity contribution >= 4 is 44.0 Å². The summed E-state index contributed by atoms with van der Waals surface area (Å²) in [5.41, 5.74) is 1.32. The Morgan fingerprint density at radius 2 is 1.89 bits per heavy atom. The summed E-state index contributed by atoms with van der Waals surface area (Å²) in [7, 11) is -3.69. The average molecular weight is 426 g/mol. The Morgan fingerprint density at radius 1 is 1.15 bits per heavy atom. The van der Waals surface area contributed by atoms with Crippen LogP contribution in [0.25, 0.3) is 0 Å². The molecule has 1 N–H and O–H groups in total. The van der Waals surface area contributed by atoms with E-state index in [1.165, 1.54) is 38.7 Å². The quantitative estimate of drug-likeness (QED) is 0.809. The Morgan fingerprint density at radius 3 is 2.63 bits per heavy atom. The van der Waals surface area contributed by atoms with Gasteiger partial charge in [-0.05, 0) is 56.7 Å². The molecule has 2 aromatic rings. The number of thiazole rings is 1. The summed E-state index contributed by atoms with van der Waals surface area (Å²) in [6, 6.07) is 4.36. The van der Waals surface area contributed by atoms with Crippen molar-refractivity contribution in [1.82, 2.24) is 9.29 Å². The van der Waals surface area contributed by atoms with Crippen molar-refractivity contribution in [2.75, 3.05) is 18.4 Å². The lowest BCUT2D eigenvalue weighted by Crippen LogP contribution is -2.28. The first-order valence-electron chi connectivity index (χ1n) is 9.05. The third-order valence-electron chi connectivity index (χ3n) is 4.94. The SMILES string of the molecule is O=C(Nc1nc2c(s1)CCCC2)c1ccc(Cl)c(S(=O)(=O)N2CCCC2)c1. The third-order valence-corrected chi connectivity index (χ3v) is 8.40. The molecule has 0 atom stereocenters. The highest BCUT2D eigenvalue weighted by atomic mass is 35.5. The molecular weight excluding hydrogens is 406 g/mol. The van der Waals surface area contributed by atoms with Crippen molar-refractivity contribution < 1.29 is 13.2 Å². The zero-order valence-corrected chi connectivity index (χ0v) is 17.1. The zero-order valence-electron chi connectivity index (χ0n) is 14.7. The molecule has 4 rings (SSSR count). The van der Waals surface area contributed by atoms with Crippen molar-refractivity contribution in [1.29, 1.82) is 0 Å². The lowest BCUT2D eigenvalue weighted by atomic mass is 10.0. The van der Waals surface area contributed by atoms with Crippen LogP contribution in [0.1, 0.15) is 46.6 Å². The maximum atomic E-state index is 12.8. The van der Waals surface area contributed by atoms with E-state index >= 15 is 0 Å². The number of hydrogen-bond acceptors (Lipinski definition) is 5. The third kappa shape index (κ3) is 3.76. The lowest BCUT2D eigenvalue weighted by Gasteiger charge is -2.17. The van der Waals surface area contributed by atoms with Crippen LogP contribution in [0, 0.1) is 0 Å². The molecule has 0 radical (unpaired) electrons. The summed E-state index contributed by atoms with van der Waals surface area (Å²) in [5, 5.41) is 3.49. The largest absolute Gasteiger partial charge is 0.298 e. The van der Waals surface area contributed by atoms with Crippen LogP contribution in [0.15, 0.2) is 23.1 Å². The highest BCUT2D eigenvalue weighted by Crippen LogP contribution is 2.31. The van der Waals surface area contributed by atoms with Crippen molar-refractivity contribution in [3.63, 3.8) is 0 Å². The van der Waals surface area contributed by atoms with Gasteiger partial charge in [0.2, 0.25) is 10.0 Å². The second kappa shape index (κ2) is 7.50. The molecular formula is C18H20ClN3O3S2. The molecule has 6 nitrogen and oxygen atoms in total.